The van der Waals surface area contributed by atoms with E-state index in [0.717, 1.165) is 6.42 Å². The van der Waals surface area contributed by atoms with Gasteiger partial charge in [0.25, 0.3) is 0 Å². The van der Waals surface area contributed by atoms with Crippen molar-refractivity contribution in [1.29, 1.82) is 0 Å². The highest BCUT2D eigenvalue weighted by atomic mass is 19.1. The standard InChI is InChI=1S/C11H23F/c1-9(7-10(2,3)4)8-11(5,6)12/h9H,7-8H2,1-6H3/t9-/m0/s1. The molecule has 0 rings (SSSR count). The van der Waals surface area contributed by atoms with Crippen molar-refractivity contribution in [2.24, 2.45) is 11.3 Å². The van der Waals surface area contributed by atoms with Crippen LogP contribution < -0.4 is 0 Å². The molecule has 0 saturated carbocycles. The lowest BCUT2D eigenvalue weighted by Crippen LogP contribution is -2.20. The minimum atomic E-state index is -1.01. The Bertz CT molecular complexity index is 109. The van der Waals surface area contributed by atoms with Gasteiger partial charge in [0.1, 0.15) is 5.67 Å². The molecule has 0 aromatic rings. The maximum Gasteiger partial charge on any atom is 0.105 e. The van der Waals surface area contributed by atoms with E-state index in [4.69, 9.17) is 0 Å². The Labute approximate surface area is 76.6 Å². The second kappa shape index (κ2) is 3.76. The van der Waals surface area contributed by atoms with Crippen molar-refractivity contribution in [3.8, 4) is 0 Å². The zero-order chi connectivity index (χ0) is 9.99. The summed E-state index contributed by atoms with van der Waals surface area (Å²) in [7, 11) is 0. The lowest BCUT2D eigenvalue weighted by atomic mass is 9.81. The van der Waals surface area contributed by atoms with Crippen molar-refractivity contribution < 1.29 is 4.39 Å². The van der Waals surface area contributed by atoms with Gasteiger partial charge in [-0.15, -0.1) is 0 Å². The summed E-state index contributed by atoms with van der Waals surface area (Å²) in [5, 5.41) is 0. The van der Waals surface area contributed by atoms with Crippen LogP contribution in [0.2, 0.25) is 0 Å². The van der Waals surface area contributed by atoms with Crippen molar-refractivity contribution in [1.82, 2.24) is 0 Å². The second-order valence-corrected chi connectivity index (χ2v) is 5.79. The number of hydrogen-bond acceptors (Lipinski definition) is 0. The van der Waals surface area contributed by atoms with Gasteiger partial charge in [0, 0.05) is 0 Å². The van der Waals surface area contributed by atoms with E-state index in [0.29, 0.717) is 17.8 Å². The molecule has 0 bridgehead atoms. The topological polar surface area (TPSA) is 0 Å². The molecule has 0 amide bonds. The Kier molecular flexibility index (Phi) is 3.74. The SMILES string of the molecule is C[C@@H](CC(C)(C)C)CC(C)(C)F. The Balaban J connectivity index is 3.83. The van der Waals surface area contributed by atoms with E-state index in [-0.39, 0.29) is 0 Å². The van der Waals surface area contributed by atoms with Gasteiger partial charge in [0.2, 0.25) is 0 Å². The first-order valence-corrected chi connectivity index (χ1v) is 4.79. The summed E-state index contributed by atoms with van der Waals surface area (Å²) < 4.78 is 13.2. The van der Waals surface area contributed by atoms with Gasteiger partial charge in [-0.1, -0.05) is 27.7 Å². The largest absolute Gasteiger partial charge is 0.244 e. The van der Waals surface area contributed by atoms with Crippen molar-refractivity contribution in [3.63, 3.8) is 0 Å². The summed E-state index contributed by atoms with van der Waals surface area (Å²) in [5.41, 5.74) is -0.685. The van der Waals surface area contributed by atoms with Gasteiger partial charge >= 0.3 is 0 Å². The van der Waals surface area contributed by atoms with Crippen LogP contribution in [-0.2, 0) is 0 Å². The summed E-state index contributed by atoms with van der Waals surface area (Å²) in [6, 6.07) is 0. The molecule has 0 heterocycles. The molecule has 0 aromatic heterocycles. The van der Waals surface area contributed by atoms with Crippen LogP contribution >= 0.6 is 0 Å². The van der Waals surface area contributed by atoms with E-state index in [1.54, 1.807) is 13.8 Å². The van der Waals surface area contributed by atoms with E-state index in [1.165, 1.54) is 0 Å². The van der Waals surface area contributed by atoms with Crippen LogP contribution in [0.3, 0.4) is 0 Å². The van der Waals surface area contributed by atoms with Crippen LogP contribution in [0.15, 0.2) is 0 Å². The molecular formula is C11H23F. The first kappa shape index (κ1) is 11.9. The highest BCUT2D eigenvalue weighted by molar-refractivity contribution is 4.74. The van der Waals surface area contributed by atoms with Crippen molar-refractivity contribution in [2.45, 2.75) is 60.1 Å². The fraction of sp³-hybridized carbons (Fsp3) is 1.00. The molecule has 74 valence electrons. The Morgan fingerprint density at radius 2 is 1.42 bits per heavy atom. The Morgan fingerprint density at radius 1 is 1.00 bits per heavy atom. The third-order valence-corrected chi connectivity index (χ3v) is 1.79. The number of halogens is 1. The van der Waals surface area contributed by atoms with Gasteiger partial charge in [-0.05, 0) is 38.0 Å². The molecule has 1 heteroatoms. The van der Waals surface area contributed by atoms with Crippen molar-refractivity contribution >= 4 is 0 Å². The third kappa shape index (κ3) is 8.03. The van der Waals surface area contributed by atoms with Gasteiger partial charge in [-0.3, -0.25) is 0 Å². The lowest BCUT2D eigenvalue weighted by Gasteiger charge is -2.26. The van der Waals surface area contributed by atoms with Crippen LogP contribution in [0, 0.1) is 11.3 Å². The Morgan fingerprint density at radius 3 is 1.67 bits per heavy atom. The summed E-state index contributed by atoms with van der Waals surface area (Å²) in [6.07, 6.45) is 1.77. The van der Waals surface area contributed by atoms with Crippen LogP contribution in [0.1, 0.15) is 54.4 Å². The average molecular weight is 174 g/mol. The van der Waals surface area contributed by atoms with E-state index in [2.05, 4.69) is 27.7 Å². The maximum absolute atomic E-state index is 13.2. The second-order valence-electron chi connectivity index (χ2n) is 5.79. The molecule has 0 aliphatic rings. The van der Waals surface area contributed by atoms with E-state index in [1.807, 2.05) is 0 Å². The predicted octanol–water partition coefficient (Wildman–Crippen LogP) is 4.20. The number of rotatable bonds is 3. The minimum absolute atomic E-state index is 0.324. The molecule has 0 aliphatic heterocycles. The first-order chi connectivity index (χ1) is 5.10. The molecule has 0 aliphatic carbocycles. The third-order valence-electron chi connectivity index (χ3n) is 1.79. The van der Waals surface area contributed by atoms with E-state index < -0.39 is 5.67 Å². The van der Waals surface area contributed by atoms with Gasteiger partial charge in [-0.25, -0.2) is 4.39 Å². The summed E-state index contributed by atoms with van der Waals surface area (Å²) in [4.78, 5) is 0. The van der Waals surface area contributed by atoms with E-state index >= 15 is 0 Å². The van der Waals surface area contributed by atoms with Crippen molar-refractivity contribution in [2.75, 3.05) is 0 Å². The quantitative estimate of drug-likeness (QED) is 0.601. The monoisotopic (exact) mass is 174 g/mol. The van der Waals surface area contributed by atoms with Crippen LogP contribution in [-0.4, -0.2) is 5.67 Å². The summed E-state index contributed by atoms with van der Waals surface area (Å²) >= 11 is 0. The smallest absolute Gasteiger partial charge is 0.105 e. The minimum Gasteiger partial charge on any atom is -0.244 e. The summed E-state index contributed by atoms with van der Waals surface area (Å²) in [5.74, 6) is 0.477. The molecule has 0 aromatic carbocycles. The lowest BCUT2D eigenvalue weighted by molar-refractivity contribution is 0.153. The van der Waals surface area contributed by atoms with Gasteiger partial charge in [0.05, 0.1) is 0 Å². The molecule has 0 radical (unpaired) electrons. The highest BCUT2D eigenvalue weighted by Gasteiger charge is 2.23. The first-order valence-electron chi connectivity index (χ1n) is 4.79. The van der Waals surface area contributed by atoms with Crippen LogP contribution in [0.5, 0.6) is 0 Å². The zero-order valence-electron chi connectivity index (χ0n) is 9.37. The molecule has 0 N–H and O–H groups in total. The van der Waals surface area contributed by atoms with Crippen molar-refractivity contribution in [3.05, 3.63) is 0 Å². The van der Waals surface area contributed by atoms with Crippen LogP contribution in [0.25, 0.3) is 0 Å². The molecule has 0 unspecified atom stereocenters. The zero-order valence-corrected chi connectivity index (χ0v) is 9.37. The fourth-order valence-electron chi connectivity index (χ4n) is 1.95. The average Bonchev–Trinajstić information content (AvgIpc) is 1.49. The Hall–Kier alpha value is -0.0700. The maximum atomic E-state index is 13.2. The van der Waals surface area contributed by atoms with Gasteiger partial charge in [0.15, 0.2) is 0 Å². The highest BCUT2D eigenvalue weighted by Crippen LogP contribution is 2.30. The normalized spacial score (nSPS) is 16.2. The predicted molar refractivity (Wildman–Crippen MR) is 53.0 cm³/mol. The number of alkyl halides is 1. The molecule has 0 fully saturated rings. The fourth-order valence-corrected chi connectivity index (χ4v) is 1.95. The molecule has 1 atom stereocenters. The summed E-state index contributed by atoms with van der Waals surface area (Å²) in [6.45, 7) is 12.1. The molecule has 0 spiro atoms. The van der Waals surface area contributed by atoms with Crippen LogP contribution in [0.4, 0.5) is 4.39 Å². The van der Waals surface area contributed by atoms with E-state index in [9.17, 15) is 4.39 Å². The molecule has 12 heavy (non-hydrogen) atoms. The number of hydrogen-bond donors (Lipinski definition) is 0. The van der Waals surface area contributed by atoms with Gasteiger partial charge in [-0.2, -0.15) is 0 Å². The molecular weight excluding hydrogens is 151 g/mol. The van der Waals surface area contributed by atoms with Gasteiger partial charge < -0.3 is 0 Å². The molecule has 0 saturated heterocycles. The molecule has 0 nitrogen and oxygen atoms in total.